The number of hydrogen-bond donors (Lipinski definition) is 1. The van der Waals surface area contributed by atoms with Gasteiger partial charge in [0.1, 0.15) is 0 Å². The molecule has 0 amide bonds. The first kappa shape index (κ1) is 14.2. The van der Waals surface area contributed by atoms with Crippen molar-refractivity contribution < 1.29 is 9.47 Å². The van der Waals surface area contributed by atoms with Gasteiger partial charge in [0.15, 0.2) is 0 Å². The molecule has 0 unspecified atom stereocenters. The number of anilines is 1. The largest absolute Gasteiger partial charge is 0.481 e. The monoisotopic (exact) mass is 287 g/mol. The molecule has 0 bridgehead atoms. The zero-order valence-corrected chi connectivity index (χ0v) is 12.3. The van der Waals surface area contributed by atoms with Crippen LogP contribution in [0, 0.1) is 17.2 Å². The van der Waals surface area contributed by atoms with E-state index in [0.717, 1.165) is 24.9 Å². The van der Waals surface area contributed by atoms with Gasteiger partial charge in [-0.1, -0.05) is 0 Å². The number of ether oxygens (including phenoxy) is 2. The van der Waals surface area contributed by atoms with E-state index in [2.05, 4.69) is 16.4 Å². The van der Waals surface area contributed by atoms with Gasteiger partial charge in [0.25, 0.3) is 0 Å². The molecule has 0 spiro atoms. The summed E-state index contributed by atoms with van der Waals surface area (Å²) in [5.74, 6) is 1.12. The maximum absolute atomic E-state index is 8.84. The molecule has 2 aliphatic rings. The van der Waals surface area contributed by atoms with Gasteiger partial charge in [0, 0.05) is 18.0 Å². The Balaban J connectivity index is 1.65. The summed E-state index contributed by atoms with van der Waals surface area (Å²) in [7, 11) is 1.62. The molecule has 1 N–H and O–H groups in total. The molecular weight excluding hydrogens is 266 g/mol. The van der Waals surface area contributed by atoms with Crippen molar-refractivity contribution in [2.45, 2.75) is 50.4 Å². The van der Waals surface area contributed by atoms with Crippen molar-refractivity contribution in [2.75, 3.05) is 12.4 Å². The van der Waals surface area contributed by atoms with Gasteiger partial charge in [0.05, 0.1) is 43.7 Å². The van der Waals surface area contributed by atoms with Crippen LogP contribution in [-0.4, -0.2) is 30.3 Å². The number of pyridine rings is 1. The minimum atomic E-state index is 0.112. The number of nitrogens with one attached hydrogen (secondary N) is 1. The summed E-state index contributed by atoms with van der Waals surface area (Å²) in [6.07, 6.45) is 7.15. The van der Waals surface area contributed by atoms with Crippen LogP contribution in [-0.2, 0) is 4.74 Å². The number of rotatable bonds is 4. The molecule has 1 saturated carbocycles. The Kier molecular flexibility index (Phi) is 4.26. The Labute approximate surface area is 125 Å². The van der Waals surface area contributed by atoms with Crippen LogP contribution in [0.5, 0.6) is 5.88 Å². The lowest BCUT2D eigenvalue weighted by atomic mass is 9.81. The highest BCUT2D eigenvalue weighted by atomic mass is 16.5. The van der Waals surface area contributed by atoms with Crippen molar-refractivity contribution in [3.63, 3.8) is 0 Å². The van der Waals surface area contributed by atoms with Gasteiger partial charge >= 0.3 is 0 Å². The number of nitriles is 1. The lowest BCUT2D eigenvalue weighted by molar-refractivity contribution is 0.0189. The summed E-state index contributed by atoms with van der Waals surface area (Å²) < 4.78 is 11.1. The van der Waals surface area contributed by atoms with E-state index in [1.165, 1.54) is 6.42 Å². The van der Waals surface area contributed by atoms with Crippen LogP contribution in [0.2, 0.25) is 0 Å². The van der Waals surface area contributed by atoms with E-state index >= 15 is 0 Å². The minimum absolute atomic E-state index is 0.112. The smallest absolute Gasteiger partial charge is 0.213 e. The highest BCUT2D eigenvalue weighted by Gasteiger charge is 2.41. The van der Waals surface area contributed by atoms with Crippen LogP contribution in [0.15, 0.2) is 18.3 Å². The molecule has 5 nitrogen and oxygen atoms in total. The van der Waals surface area contributed by atoms with Crippen molar-refractivity contribution in [3.8, 4) is 11.9 Å². The number of hydrogen-bond acceptors (Lipinski definition) is 5. The van der Waals surface area contributed by atoms with Crippen LogP contribution < -0.4 is 10.1 Å². The average molecular weight is 287 g/mol. The fraction of sp³-hybridized carbons (Fsp3) is 0.625. The highest BCUT2D eigenvalue weighted by molar-refractivity contribution is 5.43. The molecule has 2 heterocycles. The molecule has 3 rings (SSSR count). The van der Waals surface area contributed by atoms with Gasteiger partial charge in [-0.05, 0) is 31.7 Å². The average Bonchev–Trinajstić information content (AvgIpc) is 2.92. The predicted octanol–water partition coefficient (Wildman–Crippen LogP) is 2.74. The third kappa shape index (κ3) is 3.11. The molecule has 1 aliphatic heterocycles. The molecule has 1 saturated heterocycles. The molecular formula is C16H21N3O2. The lowest BCUT2D eigenvalue weighted by Crippen LogP contribution is -2.38. The molecule has 4 atom stereocenters. The van der Waals surface area contributed by atoms with Crippen LogP contribution in [0.3, 0.4) is 0 Å². The van der Waals surface area contributed by atoms with E-state index < -0.39 is 0 Å². The van der Waals surface area contributed by atoms with Crippen LogP contribution in [0.25, 0.3) is 0 Å². The topological polar surface area (TPSA) is 67.2 Å². The standard InChI is InChI=1S/C16H21N3O2/c1-20-16-6-5-11(10-18-16)19-14-3-2-4-15-13(14)9-12(21-15)7-8-17/h5-6,10,12-15,19H,2-4,7,9H2,1H3/t12-,13+,14-,15+/m1/s1. The predicted molar refractivity (Wildman–Crippen MR) is 79.0 cm³/mol. The SMILES string of the molecule is COc1ccc(N[C@@H]2CCC[C@@H]3O[C@H](CC#N)C[C@H]32)cn1. The van der Waals surface area contributed by atoms with Gasteiger partial charge in [-0.15, -0.1) is 0 Å². The van der Waals surface area contributed by atoms with Crippen LogP contribution in [0.1, 0.15) is 32.1 Å². The Morgan fingerprint density at radius 2 is 2.38 bits per heavy atom. The van der Waals surface area contributed by atoms with Crippen LogP contribution >= 0.6 is 0 Å². The fourth-order valence-corrected chi connectivity index (χ4v) is 3.53. The third-order valence-corrected chi connectivity index (χ3v) is 4.52. The molecule has 1 aliphatic carbocycles. The van der Waals surface area contributed by atoms with E-state index in [9.17, 15) is 0 Å². The fourth-order valence-electron chi connectivity index (χ4n) is 3.53. The maximum atomic E-state index is 8.84. The molecule has 21 heavy (non-hydrogen) atoms. The zero-order chi connectivity index (χ0) is 14.7. The molecule has 1 aromatic rings. The molecule has 1 aromatic heterocycles. The number of methoxy groups -OCH3 is 1. The number of aromatic nitrogens is 1. The molecule has 0 radical (unpaired) electrons. The number of nitrogens with zero attached hydrogens (tertiary/aromatic N) is 2. The van der Waals surface area contributed by atoms with E-state index in [4.69, 9.17) is 14.7 Å². The van der Waals surface area contributed by atoms with Crippen molar-refractivity contribution in [2.24, 2.45) is 5.92 Å². The van der Waals surface area contributed by atoms with E-state index in [1.54, 1.807) is 7.11 Å². The summed E-state index contributed by atoms with van der Waals surface area (Å²) in [6, 6.07) is 6.50. The van der Waals surface area contributed by atoms with Gasteiger partial charge in [-0.25, -0.2) is 4.98 Å². The Morgan fingerprint density at radius 1 is 1.48 bits per heavy atom. The Morgan fingerprint density at radius 3 is 3.10 bits per heavy atom. The summed E-state index contributed by atoms with van der Waals surface area (Å²) >= 11 is 0. The summed E-state index contributed by atoms with van der Waals surface area (Å²) in [5, 5.41) is 12.4. The number of fused-ring (bicyclic) bond motifs is 1. The Hall–Kier alpha value is -1.80. The minimum Gasteiger partial charge on any atom is -0.481 e. The Bertz CT molecular complexity index is 511. The lowest BCUT2D eigenvalue weighted by Gasteiger charge is -2.33. The van der Waals surface area contributed by atoms with Gasteiger partial charge in [-0.3, -0.25) is 0 Å². The van der Waals surface area contributed by atoms with Crippen molar-refractivity contribution in [3.05, 3.63) is 18.3 Å². The van der Waals surface area contributed by atoms with Crippen molar-refractivity contribution in [1.29, 1.82) is 5.26 Å². The van der Waals surface area contributed by atoms with E-state index in [0.29, 0.717) is 30.4 Å². The van der Waals surface area contributed by atoms with Crippen LogP contribution in [0.4, 0.5) is 5.69 Å². The molecule has 0 aromatic carbocycles. The zero-order valence-electron chi connectivity index (χ0n) is 12.3. The first-order chi connectivity index (χ1) is 10.3. The van der Waals surface area contributed by atoms with Crippen molar-refractivity contribution in [1.82, 2.24) is 4.98 Å². The third-order valence-electron chi connectivity index (χ3n) is 4.52. The quantitative estimate of drug-likeness (QED) is 0.922. The van der Waals surface area contributed by atoms with Gasteiger partial charge in [0.2, 0.25) is 5.88 Å². The first-order valence-corrected chi connectivity index (χ1v) is 7.59. The van der Waals surface area contributed by atoms with Crippen molar-refractivity contribution >= 4 is 5.69 Å². The molecule has 112 valence electrons. The van der Waals surface area contributed by atoms with E-state index in [1.807, 2.05) is 18.3 Å². The van der Waals surface area contributed by atoms with E-state index in [-0.39, 0.29) is 6.10 Å². The maximum Gasteiger partial charge on any atom is 0.213 e. The first-order valence-electron chi connectivity index (χ1n) is 7.59. The molecule has 2 fully saturated rings. The summed E-state index contributed by atoms with van der Waals surface area (Å²) in [4.78, 5) is 4.23. The highest BCUT2D eigenvalue weighted by Crippen LogP contribution is 2.39. The van der Waals surface area contributed by atoms with Gasteiger partial charge in [-0.2, -0.15) is 5.26 Å². The second-order valence-corrected chi connectivity index (χ2v) is 5.83. The second-order valence-electron chi connectivity index (χ2n) is 5.83. The summed E-state index contributed by atoms with van der Waals surface area (Å²) in [6.45, 7) is 0. The summed E-state index contributed by atoms with van der Waals surface area (Å²) in [5.41, 5.74) is 1.02. The normalized spacial score (nSPS) is 31.2. The van der Waals surface area contributed by atoms with Gasteiger partial charge < -0.3 is 14.8 Å². The second kappa shape index (κ2) is 6.31. The molecule has 5 heteroatoms.